The molecule has 0 aromatic carbocycles. The fraction of sp³-hybridized carbons (Fsp3) is 0.923. The number of carbonyl (C=O) groups excluding carboxylic acids is 1. The van der Waals surface area contributed by atoms with E-state index in [1.165, 1.54) is 0 Å². The molecule has 1 saturated heterocycles. The second kappa shape index (κ2) is 3.95. The highest BCUT2D eigenvalue weighted by Crippen LogP contribution is 2.61. The van der Waals surface area contributed by atoms with Crippen molar-refractivity contribution in [2.75, 3.05) is 19.8 Å². The van der Waals surface area contributed by atoms with E-state index in [1.54, 1.807) is 6.92 Å². The molecule has 1 N–H and O–H groups in total. The SMILES string of the molecule is CCOC(=O)C1(C2(O)CCOC2)CC(C)(C)C1. The summed E-state index contributed by atoms with van der Waals surface area (Å²) in [6.07, 6.45) is 1.89. The number of hydrogen-bond acceptors (Lipinski definition) is 4. The van der Waals surface area contributed by atoms with E-state index in [4.69, 9.17) is 9.47 Å². The second-order valence-corrected chi connectivity index (χ2v) is 6.15. The Bertz CT molecular complexity index is 307. The van der Waals surface area contributed by atoms with Crippen LogP contribution >= 0.6 is 0 Å². The molecule has 1 unspecified atom stereocenters. The molecule has 2 aliphatic rings. The molecule has 0 spiro atoms. The van der Waals surface area contributed by atoms with Crippen molar-refractivity contribution < 1.29 is 19.4 Å². The molecule has 1 aliphatic heterocycles. The minimum atomic E-state index is -1.03. The topological polar surface area (TPSA) is 55.8 Å². The first-order valence-corrected chi connectivity index (χ1v) is 6.33. The Morgan fingerprint density at radius 2 is 2.06 bits per heavy atom. The molecule has 1 aliphatic carbocycles. The zero-order valence-electron chi connectivity index (χ0n) is 10.9. The average molecular weight is 242 g/mol. The van der Waals surface area contributed by atoms with E-state index in [1.807, 2.05) is 0 Å². The maximum Gasteiger partial charge on any atom is 0.315 e. The van der Waals surface area contributed by atoms with Crippen LogP contribution in [0.15, 0.2) is 0 Å². The summed E-state index contributed by atoms with van der Waals surface area (Å²) >= 11 is 0. The molecule has 2 fully saturated rings. The molecule has 2 rings (SSSR count). The quantitative estimate of drug-likeness (QED) is 0.762. The third kappa shape index (κ3) is 1.87. The first kappa shape index (κ1) is 12.8. The lowest BCUT2D eigenvalue weighted by molar-refractivity contribution is -0.210. The van der Waals surface area contributed by atoms with Gasteiger partial charge in [-0.05, 0) is 25.2 Å². The maximum atomic E-state index is 12.2. The Morgan fingerprint density at radius 3 is 2.47 bits per heavy atom. The van der Waals surface area contributed by atoms with E-state index < -0.39 is 11.0 Å². The first-order chi connectivity index (χ1) is 7.85. The van der Waals surface area contributed by atoms with Gasteiger partial charge >= 0.3 is 5.97 Å². The predicted octanol–water partition coefficient (Wildman–Crippen LogP) is 1.51. The van der Waals surface area contributed by atoms with E-state index >= 15 is 0 Å². The number of esters is 1. The van der Waals surface area contributed by atoms with E-state index in [2.05, 4.69) is 13.8 Å². The molecular formula is C13H22O4. The lowest BCUT2D eigenvalue weighted by Gasteiger charge is -2.57. The van der Waals surface area contributed by atoms with Crippen LogP contribution in [0.1, 0.15) is 40.0 Å². The molecule has 1 atom stereocenters. The van der Waals surface area contributed by atoms with Crippen LogP contribution in [0.4, 0.5) is 0 Å². The summed E-state index contributed by atoms with van der Waals surface area (Å²) in [5, 5.41) is 10.7. The highest BCUT2D eigenvalue weighted by atomic mass is 16.5. The van der Waals surface area contributed by atoms with Crippen LogP contribution in [-0.4, -0.2) is 36.5 Å². The molecule has 0 aromatic heterocycles. The number of carbonyl (C=O) groups is 1. The molecule has 17 heavy (non-hydrogen) atoms. The summed E-state index contributed by atoms with van der Waals surface area (Å²) in [6.45, 7) is 7.16. The van der Waals surface area contributed by atoms with Gasteiger partial charge in [-0.1, -0.05) is 13.8 Å². The van der Waals surface area contributed by atoms with Gasteiger partial charge in [-0.15, -0.1) is 0 Å². The van der Waals surface area contributed by atoms with Gasteiger partial charge in [0.05, 0.1) is 18.6 Å². The van der Waals surface area contributed by atoms with Crippen LogP contribution in [0.5, 0.6) is 0 Å². The first-order valence-electron chi connectivity index (χ1n) is 6.33. The van der Waals surface area contributed by atoms with Crippen molar-refractivity contribution in [3.63, 3.8) is 0 Å². The molecule has 0 amide bonds. The van der Waals surface area contributed by atoms with Crippen molar-refractivity contribution in [2.24, 2.45) is 10.8 Å². The van der Waals surface area contributed by atoms with Gasteiger partial charge in [0, 0.05) is 13.0 Å². The van der Waals surface area contributed by atoms with Gasteiger partial charge in [0.25, 0.3) is 0 Å². The fourth-order valence-electron chi connectivity index (χ4n) is 3.45. The summed E-state index contributed by atoms with van der Waals surface area (Å²) in [6, 6.07) is 0. The van der Waals surface area contributed by atoms with Gasteiger partial charge in [0.1, 0.15) is 5.60 Å². The monoisotopic (exact) mass is 242 g/mol. The molecule has 98 valence electrons. The van der Waals surface area contributed by atoms with Crippen molar-refractivity contribution in [3.05, 3.63) is 0 Å². The molecule has 0 aromatic rings. The largest absolute Gasteiger partial charge is 0.465 e. The zero-order valence-corrected chi connectivity index (χ0v) is 10.9. The van der Waals surface area contributed by atoms with Crippen LogP contribution in [0.3, 0.4) is 0 Å². The van der Waals surface area contributed by atoms with Crippen LogP contribution in [0, 0.1) is 10.8 Å². The number of ether oxygens (including phenoxy) is 2. The number of hydrogen-bond donors (Lipinski definition) is 1. The predicted molar refractivity (Wildman–Crippen MR) is 62.5 cm³/mol. The lowest BCUT2D eigenvalue weighted by atomic mass is 9.48. The summed E-state index contributed by atoms with van der Waals surface area (Å²) in [4.78, 5) is 12.2. The van der Waals surface area contributed by atoms with Gasteiger partial charge in [-0.25, -0.2) is 0 Å². The van der Waals surface area contributed by atoms with Crippen LogP contribution < -0.4 is 0 Å². The molecule has 1 saturated carbocycles. The molecule has 0 radical (unpaired) electrons. The number of rotatable bonds is 3. The average Bonchev–Trinajstić information content (AvgIpc) is 2.62. The van der Waals surface area contributed by atoms with Crippen molar-refractivity contribution in [1.29, 1.82) is 0 Å². The van der Waals surface area contributed by atoms with E-state index in [-0.39, 0.29) is 18.0 Å². The Hall–Kier alpha value is -0.610. The van der Waals surface area contributed by atoms with Crippen LogP contribution in [0.25, 0.3) is 0 Å². The summed E-state index contributed by atoms with van der Waals surface area (Å²) in [5.74, 6) is -0.257. The number of aliphatic hydroxyl groups is 1. The minimum Gasteiger partial charge on any atom is -0.465 e. The Kier molecular flexibility index (Phi) is 2.99. The summed E-state index contributed by atoms with van der Waals surface area (Å²) < 4.78 is 10.4. The third-order valence-corrected chi connectivity index (χ3v) is 4.12. The highest BCUT2D eigenvalue weighted by Gasteiger charge is 2.67. The molecule has 0 bridgehead atoms. The van der Waals surface area contributed by atoms with E-state index in [0.29, 0.717) is 32.5 Å². The van der Waals surface area contributed by atoms with Crippen LogP contribution in [0.2, 0.25) is 0 Å². The molecule has 1 heterocycles. The molecule has 4 nitrogen and oxygen atoms in total. The third-order valence-electron chi connectivity index (χ3n) is 4.12. The van der Waals surface area contributed by atoms with Gasteiger partial charge < -0.3 is 14.6 Å². The molecular weight excluding hydrogens is 220 g/mol. The normalized spacial score (nSPS) is 34.1. The van der Waals surface area contributed by atoms with Crippen molar-refractivity contribution in [1.82, 2.24) is 0 Å². The van der Waals surface area contributed by atoms with Crippen LogP contribution in [-0.2, 0) is 14.3 Å². The Balaban J connectivity index is 2.23. The Labute approximate surface area is 102 Å². The Morgan fingerprint density at radius 1 is 1.41 bits per heavy atom. The van der Waals surface area contributed by atoms with Crippen molar-refractivity contribution in [3.8, 4) is 0 Å². The van der Waals surface area contributed by atoms with E-state index in [0.717, 1.165) is 0 Å². The minimum absolute atomic E-state index is 0.102. The van der Waals surface area contributed by atoms with Crippen molar-refractivity contribution in [2.45, 2.75) is 45.6 Å². The van der Waals surface area contributed by atoms with Gasteiger partial charge in [0.2, 0.25) is 0 Å². The fourth-order valence-corrected chi connectivity index (χ4v) is 3.45. The smallest absolute Gasteiger partial charge is 0.315 e. The second-order valence-electron chi connectivity index (χ2n) is 6.15. The van der Waals surface area contributed by atoms with Gasteiger partial charge in [-0.3, -0.25) is 4.79 Å². The standard InChI is InChI=1S/C13H22O4/c1-4-17-10(14)12(7-11(2,3)8-12)13(15)5-6-16-9-13/h15H,4-9H2,1-3H3. The highest BCUT2D eigenvalue weighted by molar-refractivity contribution is 5.80. The van der Waals surface area contributed by atoms with Gasteiger partial charge in [0.15, 0.2) is 0 Å². The summed E-state index contributed by atoms with van der Waals surface area (Å²) in [7, 11) is 0. The summed E-state index contributed by atoms with van der Waals surface area (Å²) in [5.41, 5.74) is -1.68. The van der Waals surface area contributed by atoms with Crippen molar-refractivity contribution >= 4 is 5.97 Å². The van der Waals surface area contributed by atoms with Gasteiger partial charge in [-0.2, -0.15) is 0 Å². The molecule has 4 heteroatoms. The van der Waals surface area contributed by atoms with E-state index in [9.17, 15) is 9.90 Å². The zero-order chi connectivity index (χ0) is 12.7. The maximum absolute atomic E-state index is 12.2. The lowest BCUT2D eigenvalue weighted by Crippen LogP contribution is -2.63.